The number of aromatic nitrogens is 1. The van der Waals surface area contributed by atoms with Gasteiger partial charge in [0.25, 0.3) is 0 Å². The molecule has 0 spiro atoms. The molecule has 0 aliphatic carbocycles. The van der Waals surface area contributed by atoms with Gasteiger partial charge in [-0.05, 0) is 37.5 Å². The summed E-state index contributed by atoms with van der Waals surface area (Å²) in [5.41, 5.74) is 4.17. The Kier molecular flexibility index (Phi) is 4.22. The van der Waals surface area contributed by atoms with E-state index in [4.69, 9.17) is 23.2 Å². The largest absolute Gasteiger partial charge is 0.384 e. The number of anilines is 1. The summed E-state index contributed by atoms with van der Waals surface area (Å²) in [5.74, 6) is 0.387. The van der Waals surface area contributed by atoms with Gasteiger partial charge in [0, 0.05) is 22.6 Å². The van der Waals surface area contributed by atoms with Crippen LogP contribution in [-0.2, 0) is 0 Å². The monoisotopic (exact) mass is 296 g/mol. The molecule has 2 aromatic rings. The first-order valence-electron chi connectivity index (χ1n) is 6.48. The van der Waals surface area contributed by atoms with E-state index >= 15 is 0 Å². The van der Waals surface area contributed by atoms with Crippen molar-refractivity contribution in [3.63, 3.8) is 0 Å². The van der Waals surface area contributed by atoms with Crippen LogP contribution in [0.1, 0.15) is 37.9 Å². The second-order valence-electron chi connectivity index (χ2n) is 4.95. The van der Waals surface area contributed by atoms with Gasteiger partial charge < -0.3 is 5.32 Å². The maximum atomic E-state index is 6.37. The highest BCUT2D eigenvalue weighted by molar-refractivity contribution is 6.39. The average molecular weight is 297 g/mol. The molecule has 0 bridgehead atoms. The number of hydrogen-bond donors (Lipinski definition) is 1. The van der Waals surface area contributed by atoms with Gasteiger partial charge in [-0.15, -0.1) is 0 Å². The summed E-state index contributed by atoms with van der Waals surface area (Å²) in [5, 5.41) is 5.66. The summed E-state index contributed by atoms with van der Waals surface area (Å²) >= 11 is 12.4. The fourth-order valence-corrected chi connectivity index (χ4v) is 3.10. The normalized spacial score (nSPS) is 11.3. The van der Waals surface area contributed by atoms with Gasteiger partial charge >= 0.3 is 0 Å². The Labute approximate surface area is 124 Å². The van der Waals surface area contributed by atoms with Crippen LogP contribution in [0.4, 0.5) is 5.69 Å². The third-order valence-electron chi connectivity index (χ3n) is 3.16. The third kappa shape index (κ3) is 2.65. The zero-order valence-electron chi connectivity index (χ0n) is 11.6. The van der Waals surface area contributed by atoms with Crippen LogP contribution in [0.3, 0.4) is 0 Å². The lowest BCUT2D eigenvalue weighted by Gasteiger charge is -2.19. The number of halogens is 2. The van der Waals surface area contributed by atoms with Crippen molar-refractivity contribution in [2.75, 3.05) is 11.9 Å². The van der Waals surface area contributed by atoms with E-state index in [-0.39, 0.29) is 0 Å². The molecule has 0 unspecified atom stereocenters. The Morgan fingerprint density at radius 2 is 1.95 bits per heavy atom. The summed E-state index contributed by atoms with van der Waals surface area (Å²) < 4.78 is 0. The van der Waals surface area contributed by atoms with Crippen molar-refractivity contribution >= 4 is 39.8 Å². The van der Waals surface area contributed by atoms with Gasteiger partial charge in [-0.3, -0.25) is 4.98 Å². The Morgan fingerprint density at radius 1 is 1.26 bits per heavy atom. The summed E-state index contributed by atoms with van der Waals surface area (Å²) in [6, 6.07) is 3.63. The van der Waals surface area contributed by atoms with Crippen molar-refractivity contribution < 1.29 is 0 Å². The van der Waals surface area contributed by atoms with Crippen molar-refractivity contribution in [2.24, 2.45) is 0 Å². The summed E-state index contributed by atoms with van der Waals surface area (Å²) in [7, 11) is 0. The summed E-state index contributed by atoms with van der Waals surface area (Å²) in [6.07, 6.45) is 0. The van der Waals surface area contributed by atoms with Crippen LogP contribution in [0.2, 0.25) is 10.0 Å². The number of hydrogen-bond acceptors (Lipinski definition) is 2. The van der Waals surface area contributed by atoms with Crippen LogP contribution >= 0.6 is 23.2 Å². The molecule has 1 aromatic carbocycles. The quantitative estimate of drug-likeness (QED) is 0.819. The van der Waals surface area contributed by atoms with E-state index in [1.54, 1.807) is 6.07 Å². The van der Waals surface area contributed by atoms with Crippen LogP contribution in [0.25, 0.3) is 10.9 Å². The molecule has 0 amide bonds. The molecular weight excluding hydrogens is 279 g/mol. The molecule has 0 saturated carbocycles. The molecule has 0 saturated heterocycles. The molecule has 0 atom stereocenters. The first-order valence-corrected chi connectivity index (χ1v) is 7.24. The summed E-state index contributed by atoms with van der Waals surface area (Å²) in [6.45, 7) is 9.29. The van der Waals surface area contributed by atoms with E-state index in [0.29, 0.717) is 16.0 Å². The van der Waals surface area contributed by atoms with E-state index in [0.717, 1.165) is 28.8 Å². The number of benzene rings is 1. The Balaban J connectivity index is 2.90. The second-order valence-corrected chi connectivity index (χ2v) is 5.80. The number of pyridine rings is 1. The van der Waals surface area contributed by atoms with Crippen LogP contribution in [0, 0.1) is 6.92 Å². The van der Waals surface area contributed by atoms with E-state index in [2.05, 4.69) is 31.1 Å². The molecule has 1 heterocycles. The third-order valence-corrected chi connectivity index (χ3v) is 3.68. The first-order chi connectivity index (χ1) is 8.95. The van der Waals surface area contributed by atoms with E-state index in [1.165, 1.54) is 5.56 Å². The lowest BCUT2D eigenvalue weighted by Crippen LogP contribution is -2.07. The number of nitrogens with one attached hydrogen (secondary N) is 1. The Hall–Kier alpha value is -0.990. The topological polar surface area (TPSA) is 24.9 Å². The van der Waals surface area contributed by atoms with Gasteiger partial charge in [0.05, 0.1) is 16.2 Å². The highest BCUT2D eigenvalue weighted by Gasteiger charge is 2.17. The van der Waals surface area contributed by atoms with Gasteiger partial charge in [0.1, 0.15) is 0 Å². The van der Waals surface area contributed by atoms with Crippen LogP contribution in [0.15, 0.2) is 12.1 Å². The highest BCUT2D eigenvalue weighted by Crippen LogP contribution is 2.38. The minimum Gasteiger partial charge on any atom is -0.384 e. The Morgan fingerprint density at radius 3 is 2.53 bits per heavy atom. The molecule has 2 rings (SSSR count). The molecule has 4 heteroatoms. The molecule has 1 aromatic heterocycles. The molecular formula is C15H18Cl2N2. The Bertz CT molecular complexity index is 621. The van der Waals surface area contributed by atoms with Crippen LogP contribution in [-0.4, -0.2) is 11.5 Å². The number of aryl methyl sites for hydroxylation is 1. The smallest absolute Gasteiger partial charge is 0.0756 e. The first kappa shape index (κ1) is 14.4. The lowest BCUT2D eigenvalue weighted by atomic mass is 9.96. The van der Waals surface area contributed by atoms with Crippen molar-refractivity contribution in [2.45, 2.75) is 33.6 Å². The standard InChI is InChI=1S/C15H18Cl2N2/c1-5-18-15-13(8(2)3)9(4)19-12-7-10(16)6-11(17)14(12)15/h6-8H,5H2,1-4H3,(H,18,19). The van der Waals surface area contributed by atoms with Gasteiger partial charge in [0.15, 0.2) is 0 Å². The molecule has 1 N–H and O–H groups in total. The predicted octanol–water partition coefficient (Wildman–Crippen LogP) is 5.41. The molecule has 102 valence electrons. The molecule has 0 aliphatic rings. The molecule has 0 fully saturated rings. The lowest BCUT2D eigenvalue weighted by molar-refractivity contribution is 0.848. The van der Waals surface area contributed by atoms with Crippen LogP contribution < -0.4 is 5.32 Å². The van der Waals surface area contributed by atoms with Crippen molar-refractivity contribution in [3.8, 4) is 0 Å². The number of fused-ring (bicyclic) bond motifs is 1. The molecule has 19 heavy (non-hydrogen) atoms. The predicted molar refractivity (Wildman–Crippen MR) is 84.8 cm³/mol. The van der Waals surface area contributed by atoms with Gasteiger partial charge in [0.2, 0.25) is 0 Å². The minimum atomic E-state index is 0.387. The highest BCUT2D eigenvalue weighted by atomic mass is 35.5. The van der Waals surface area contributed by atoms with Crippen molar-refractivity contribution in [3.05, 3.63) is 33.4 Å². The average Bonchev–Trinajstić information content (AvgIpc) is 2.26. The number of rotatable bonds is 3. The van der Waals surface area contributed by atoms with Crippen molar-refractivity contribution in [1.82, 2.24) is 4.98 Å². The molecule has 2 nitrogen and oxygen atoms in total. The maximum absolute atomic E-state index is 6.37. The maximum Gasteiger partial charge on any atom is 0.0756 e. The van der Waals surface area contributed by atoms with Gasteiger partial charge in [-0.25, -0.2) is 0 Å². The van der Waals surface area contributed by atoms with E-state index < -0.39 is 0 Å². The van der Waals surface area contributed by atoms with Crippen molar-refractivity contribution in [1.29, 1.82) is 0 Å². The van der Waals surface area contributed by atoms with Gasteiger partial charge in [-0.2, -0.15) is 0 Å². The molecule has 0 radical (unpaired) electrons. The summed E-state index contributed by atoms with van der Waals surface area (Å²) in [4.78, 5) is 4.65. The zero-order valence-corrected chi connectivity index (χ0v) is 13.2. The van der Waals surface area contributed by atoms with E-state index in [9.17, 15) is 0 Å². The van der Waals surface area contributed by atoms with Gasteiger partial charge in [-0.1, -0.05) is 37.0 Å². The zero-order chi connectivity index (χ0) is 14.2. The van der Waals surface area contributed by atoms with E-state index in [1.807, 2.05) is 13.0 Å². The number of nitrogens with zero attached hydrogens (tertiary/aromatic N) is 1. The van der Waals surface area contributed by atoms with Crippen LogP contribution in [0.5, 0.6) is 0 Å². The minimum absolute atomic E-state index is 0.387. The molecule has 0 aliphatic heterocycles. The fourth-order valence-electron chi connectivity index (χ4n) is 2.52. The SMILES string of the molecule is CCNc1c(C(C)C)c(C)nc2cc(Cl)cc(Cl)c12. The second kappa shape index (κ2) is 5.56. The fraction of sp³-hybridized carbons (Fsp3) is 0.400.